The number of ether oxygens (including phenoxy) is 2. The fraction of sp³-hybridized carbons (Fsp3) is 0.556. The molecular weight excluding hydrogens is 438 g/mol. The van der Waals surface area contributed by atoms with Crippen LogP contribution in [0.25, 0.3) is 10.9 Å². The maximum Gasteiger partial charge on any atom is 0.248 e. The van der Waals surface area contributed by atoms with Gasteiger partial charge in [-0.3, -0.25) is 0 Å². The Morgan fingerprint density at radius 3 is 2.61 bits per heavy atom. The van der Waals surface area contributed by atoms with E-state index < -0.39 is 11.5 Å². The van der Waals surface area contributed by atoms with Gasteiger partial charge in [-0.1, -0.05) is 0 Å². The number of nitrogens with one attached hydrogen (secondary N) is 1. The number of nitrogens with zero attached hydrogens (tertiary/aromatic N) is 2. The van der Waals surface area contributed by atoms with Crippen molar-refractivity contribution in [3.63, 3.8) is 0 Å². The van der Waals surface area contributed by atoms with E-state index in [9.17, 15) is 8.78 Å². The zero-order valence-electron chi connectivity index (χ0n) is 15.5. The lowest BCUT2D eigenvalue weighted by Crippen LogP contribution is -2.46. The fourth-order valence-electron chi connectivity index (χ4n) is 3.33. The SMILES string of the molecule is COc1cc(Br)c2nc(NCC3(OCCO)CCC(F)(F)CC3)nc(N)c2c1. The zero-order chi connectivity index (χ0) is 20.4. The second-order valence-corrected chi connectivity index (χ2v) is 7.76. The van der Waals surface area contributed by atoms with Gasteiger partial charge in [-0.15, -0.1) is 0 Å². The van der Waals surface area contributed by atoms with Gasteiger partial charge in [-0.25, -0.2) is 13.8 Å². The minimum atomic E-state index is -2.68. The van der Waals surface area contributed by atoms with E-state index in [1.54, 1.807) is 19.2 Å². The van der Waals surface area contributed by atoms with Crippen LogP contribution in [-0.2, 0) is 4.74 Å². The van der Waals surface area contributed by atoms with Crippen LogP contribution in [0.15, 0.2) is 16.6 Å². The van der Waals surface area contributed by atoms with Crippen molar-refractivity contribution in [2.75, 3.05) is 37.9 Å². The lowest BCUT2D eigenvalue weighted by atomic mass is 9.82. The highest BCUT2D eigenvalue weighted by Crippen LogP contribution is 2.40. The number of halogens is 3. The Hall–Kier alpha value is -1.78. The maximum atomic E-state index is 13.6. The first-order chi connectivity index (χ1) is 13.3. The Kier molecular flexibility index (Phi) is 6.21. The largest absolute Gasteiger partial charge is 0.497 e. The molecule has 1 aliphatic carbocycles. The third kappa shape index (κ3) is 4.61. The van der Waals surface area contributed by atoms with Crippen LogP contribution in [0.4, 0.5) is 20.5 Å². The van der Waals surface area contributed by atoms with Crippen LogP contribution in [0.3, 0.4) is 0 Å². The number of aliphatic hydroxyl groups excluding tert-OH is 1. The van der Waals surface area contributed by atoms with Gasteiger partial charge in [0, 0.05) is 29.2 Å². The molecule has 0 unspecified atom stereocenters. The molecule has 1 aromatic heterocycles. The first-order valence-electron chi connectivity index (χ1n) is 8.95. The quantitative estimate of drug-likeness (QED) is 0.581. The molecule has 1 aliphatic rings. The number of aliphatic hydroxyl groups is 1. The summed E-state index contributed by atoms with van der Waals surface area (Å²) in [7, 11) is 1.56. The lowest BCUT2D eigenvalue weighted by molar-refractivity contribution is -0.130. The van der Waals surface area contributed by atoms with Crippen molar-refractivity contribution in [1.82, 2.24) is 9.97 Å². The van der Waals surface area contributed by atoms with Crippen molar-refractivity contribution in [2.24, 2.45) is 0 Å². The van der Waals surface area contributed by atoms with Crippen LogP contribution >= 0.6 is 15.9 Å². The average Bonchev–Trinajstić information content (AvgIpc) is 2.67. The van der Waals surface area contributed by atoms with E-state index >= 15 is 0 Å². The van der Waals surface area contributed by atoms with Crippen LogP contribution in [0.2, 0.25) is 0 Å². The summed E-state index contributed by atoms with van der Waals surface area (Å²) in [5, 5.41) is 12.8. The molecule has 0 atom stereocenters. The van der Waals surface area contributed by atoms with Crippen molar-refractivity contribution in [2.45, 2.75) is 37.2 Å². The van der Waals surface area contributed by atoms with Crippen molar-refractivity contribution < 1.29 is 23.4 Å². The fourth-order valence-corrected chi connectivity index (χ4v) is 3.86. The highest BCUT2D eigenvalue weighted by molar-refractivity contribution is 9.10. The van der Waals surface area contributed by atoms with E-state index in [0.717, 1.165) is 0 Å². The Labute approximate surface area is 169 Å². The monoisotopic (exact) mass is 460 g/mol. The summed E-state index contributed by atoms with van der Waals surface area (Å²) in [5.41, 5.74) is 5.87. The molecule has 28 heavy (non-hydrogen) atoms. The number of hydrogen-bond acceptors (Lipinski definition) is 7. The zero-order valence-corrected chi connectivity index (χ0v) is 17.1. The normalized spacial score (nSPS) is 18.2. The van der Waals surface area contributed by atoms with E-state index in [4.69, 9.17) is 20.3 Å². The van der Waals surface area contributed by atoms with E-state index in [-0.39, 0.29) is 57.2 Å². The summed E-state index contributed by atoms with van der Waals surface area (Å²) in [4.78, 5) is 8.75. The lowest BCUT2D eigenvalue weighted by Gasteiger charge is -2.40. The van der Waals surface area contributed by atoms with Gasteiger partial charge in [0.15, 0.2) is 0 Å². The average molecular weight is 461 g/mol. The molecule has 1 fully saturated rings. The number of rotatable bonds is 7. The van der Waals surface area contributed by atoms with Gasteiger partial charge in [0.2, 0.25) is 11.9 Å². The molecule has 10 heteroatoms. The molecule has 4 N–H and O–H groups in total. The molecule has 0 spiro atoms. The van der Waals surface area contributed by atoms with Gasteiger partial charge in [-0.05, 0) is 40.9 Å². The summed E-state index contributed by atoms with van der Waals surface area (Å²) >= 11 is 3.45. The van der Waals surface area contributed by atoms with Crippen molar-refractivity contribution >= 4 is 38.6 Å². The molecule has 0 aliphatic heterocycles. The molecule has 7 nitrogen and oxygen atoms in total. The van der Waals surface area contributed by atoms with Gasteiger partial charge in [0.25, 0.3) is 0 Å². The summed E-state index contributed by atoms with van der Waals surface area (Å²) in [5.74, 6) is -1.51. The van der Waals surface area contributed by atoms with Crippen molar-refractivity contribution in [1.29, 1.82) is 0 Å². The van der Waals surface area contributed by atoms with Crippen LogP contribution in [0, 0.1) is 0 Å². The highest BCUT2D eigenvalue weighted by Gasteiger charge is 2.44. The standard InChI is InChI=1S/C18H23BrF2N4O3/c1-27-11-8-12-14(13(19)9-11)24-16(25-15(12)22)23-10-17(28-7-6-26)2-4-18(20,21)5-3-17/h8-9,26H,2-7,10H2,1H3,(H3,22,23,24,25). The minimum absolute atomic E-state index is 0.0826. The molecule has 0 amide bonds. The first-order valence-corrected chi connectivity index (χ1v) is 9.74. The number of anilines is 2. The molecule has 154 valence electrons. The number of nitrogen functional groups attached to an aromatic ring is 1. The number of methoxy groups -OCH3 is 1. The van der Waals surface area contributed by atoms with E-state index in [1.807, 2.05) is 0 Å². The van der Waals surface area contributed by atoms with Gasteiger partial charge in [0.1, 0.15) is 11.6 Å². The van der Waals surface area contributed by atoms with Gasteiger partial charge < -0.3 is 25.6 Å². The van der Waals surface area contributed by atoms with E-state index in [2.05, 4.69) is 31.2 Å². The number of hydrogen-bond donors (Lipinski definition) is 3. The summed E-state index contributed by atoms with van der Waals surface area (Å²) < 4.78 is 38.8. The van der Waals surface area contributed by atoms with Crippen LogP contribution in [0.5, 0.6) is 5.75 Å². The van der Waals surface area contributed by atoms with Crippen LogP contribution in [0.1, 0.15) is 25.7 Å². The smallest absolute Gasteiger partial charge is 0.248 e. The third-order valence-corrected chi connectivity index (χ3v) is 5.56. The Balaban J connectivity index is 1.81. The molecule has 0 radical (unpaired) electrons. The van der Waals surface area contributed by atoms with Gasteiger partial charge in [-0.2, -0.15) is 4.98 Å². The van der Waals surface area contributed by atoms with Crippen LogP contribution < -0.4 is 15.8 Å². The minimum Gasteiger partial charge on any atom is -0.497 e. The molecule has 1 heterocycles. The maximum absolute atomic E-state index is 13.6. The first kappa shape index (κ1) is 20.9. The van der Waals surface area contributed by atoms with Crippen molar-refractivity contribution in [3.05, 3.63) is 16.6 Å². The third-order valence-electron chi connectivity index (χ3n) is 4.95. The van der Waals surface area contributed by atoms with E-state index in [0.29, 0.717) is 21.1 Å². The van der Waals surface area contributed by atoms with Gasteiger partial charge >= 0.3 is 0 Å². The number of aromatic nitrogens is 2. The van der Waals surface area contributed by atoms with Crippen molar-refractivity contribution in [3.8, 4) is 5.75 Å². The highest BCUT2D eigenvalue weighted by atomic mass is 79.9. The molecular formula is C18H23BrF2N4O3. The second kappa shape index (κ2) is 8.30. The molecule has 1 saturated carbocycles. The van der Waals surface area contributed by atoms with E-state index in [1.165, 1.54) is 0 Å². The Morgan fingerprint density at radius 2 is 1.96 bits per heavy atom. The summed E-state index contributed by atoms with van der Waals surface area (Å²) in [6.45, 7) is 0.146. The molecule has 2 aromatic rings. The predicted molar refractivity (Wildman–Crippen MR) is 106 cm³/mol. The molecule has 3 rings (SSSR count). The molecule has 0 saturated heterocycles. The number of alkyl halides is 2. The molecule has 1 aromatic carbocycles. The number of nitrogens with two attached hydrogens (primary N) is 1. The second-order valence-electron chi connectivity index (χ2n) is 6.90. The summed E-state index contributed by atoms with van der Waals surface area (Å²) in [6.07, 6.45) is -0.160. The predicted octanol–water partition coefficient (Wildman–Crippen LogP) is 3.35. The van der Waals surface area contributed by atoms with Crippen LogP contribution in [-0.4, -0.2) is 53.5 Å². The Morgan fingerprint density at radius 1 is 1.25 bits per heavy atom. The Bertz CT molecular complexity index is 843. The topological polar surface area (TPSA) is 103 Å². The van der Waals surface area contributed by atoms with Gasteiger partial charge in [0.05, 0.1) is 31.4 Å². The number of benzene rings is 1. The molecule has 0 bridgehead atoms. The number of fused-ring (bicyclic) bond motifs is 1. The summed E-state index contributed by atoms with van der Waals surface area (Å²) in [6, 6.07) is 3.52.